The molecule has 1 fully saturated rings. The average molecular weight is 426 g/mol. The smallest absolute Gasteiger partial charge is 0.225 e. The molecule has 0 aliphatic carbocycles. The minimum Gasteiger partial charge on any atom is -0.326 e. The third-order valence-electron chi connectivity index (χ3n) is 4.97. The van der Waals surface area contributed by atoms with Crippen LogP contribution in [0.15, 0.2) is 59.8 Å². The summed E-state index contributed by atoms with van der Waals surface area (Å²) in [5, 5.41) is 12.4. The van der Waals surface area contributed by atoms with Crippen molar-refractivity contribution in [3.8, 4) is 5.69 Å². The third kappa shape index (κ3) is 5.25. The van der Waals surface area contributed by atoms with Crippen LogP contribution in [0.3, 0.4) is 0 Å². The first kappa shape index (κ1) is 20.6. The molecule has 1 aliphatic heterocycles. The lowest BCUT2D eigenvalue weighted by Gasteiger charge is -2.16. The molecule has 0 spiro atoms. The molecule has 6 nitrogen and oxygen atoms in total. The van der Waals surface area contributed by atoms with Crippen molar-refractivity contribution in [1.29, 1.82) is 0 Å². The molecular formula is C22H24FN5OS. The van der Waals surface area contributed by atoms with Gasteiger partial charge in [0.25, 0.3) is 0 Å². The number of halogens is 1. The van der Waals surface area contributed by atoms with Crippen LogP contribution >= 0.6 is 11.8 Å². The van der Waals surface area contributed by atoms with Crippen LogP contribution in [0, 0.1) is 5.82 Å². The zero-order valence-electron chi connectivity index (χ0n) is 16.6. The van der Waals surface area contributed by atoms with Crippen LogP contribution in [0.25, 0.3) is 5.69 Å². The number of para-hydroxylation sites is 1. The van der Waals surface area contributed by atoms with E-state index in [2.05, 4.69) is 25.0 Å². The van der Waals surface area contributed by atoms with Gasteiger partial charge in [0.2, 0.25) is 5.91 Å². The summed E-state index contributed by atoms with van der Waals surface area (Å²) in [6.07, 6.45) is 2.78. The summed E-state index contributed by atoms with van der Waals surface area (Å²) in [5.41, 5.74) is 1.61. The quantitative estimate of drug-likeness (QED) is 0.550. The van der Waals surface area contributed by atoms with Gasteiger partial charge in [-0.05, 0) is 62.3 Å². The van der Waals surface area contributed by atoms with E-state index >= 15 is 0 Å². The van der Waals surface area contributed by atoms with Crippen LogP contribution in [0.1, 0.15) is 25.1 Å². The molecule has 1 aromatic heterocycles. The zero-order chi connectivity index (χ0) is 20.8. The van der Waals surface area contributed by atoms with Crippen molar-refractivity contribution in [2.24, 2.45) is 0 Å². The van der Waals surface area contributed by atoms with Gasteiger partial charge in [-0.1, -0.05) is 30.0 Å². The van der Waals surface area contributed by atoms with Crippen molar-refractivity contribution in [3.05, 3.63) is 66.2 Å². The molecule has 2 heterocycles. The lowest BCUT2D eigenvalue weighted by molar-refractivity contribution is -0.115. The maximum Gasteiger partial charge on any atom is 0.225 e. The number of nitrogens with zero attached hydrogens (tertiary/aromatic N) is 4. The van der Waals surface area contributed by atoms with Crippen LogP contribution in [0.2, 0.25) is 0 Å². The molecule has 3 aromatic rings. The molecule has 8 heteroatoms. The minimum atomic E-state index is -0.325. The summed E-state index contributed by atoms with van der Waals surface area (Å²) >= 11 is 1.51. The van der Waals surface area contributed by atoms with Crippen molar-refractivity contribution in [3.63, 3.8) is 0 Å². The number of aromatic nitrogens is 3. The number of thioether (sulfide) groups is 1. The Morgan fingerprint density at radius 3 is 2.50 bits per heavy atom. The van der Waals surface area contributed by atoms with E-state index in [1.54, 1.807) is 12.1 Å². The number of benzene rings is 2. The molecule has 156 valence electrons. The first-order valence-corrected chi connectivity index (χ1v) is 11.1. The second kappa shape index (κ2) is 9.86. The van der Waals surface area contributed by atoms with Crippen LogP contribution in [0.4, 0.5) is 10.1 Å². The minimum absolute atomic E-state index is 0.114. The number of likely N-dealkylation sites (tertiary alicyclic amines) is 1. The summed E-state index contributed by atoms with van der Waals surface area (Å²) in [4.78, 5) is 14.6. The maximum absolute atomic E-state index is 13.0. The number of nitrogens with one attached hydrogen (secondary N) is 1. The Hall–Kier alpha value is -2.71. The highest BCUT2D eigenvalue weighted by Crippen LogP contribution is 2.24. The fourth-order valence-corrected chi connectivity index (χ4v) is 4.37. The van der Waals surface area contributed by atoms with E-state index in [0.717, 1.165) is 36.3 Å². The summed E-state index contributed by atoms with van der Waals surface area (Å²) in [7, 11) is 0. The Balaban J connectivity index is 1.41. The number of amides is 1. The molecule has 0 bridgehead atoms. The van der Waals surface area contributed by atoms with E-state index in [1.165, 1.54) is 36.7 Å². The van der Waals surface area contributed by atoms with E-state index < -0.39 is 0 Å². The van der Waals surface area contributed by atoms with E-state index in [4.69, 9.17) is 0 Å². The summed E-state index contributed by atoms with van der Waals surface area (Å²) in [6.45, 7) is 2.95. The highest BCUT2D eigenvalue weighted by Gasteiger charge is 2.19. The van der Waals surface area contributed by atoms with Gasteiger partial charge in [0, 0.05) is 23.5 Å². The van der Waals surface area contributed by atoms with Crippen molar-refractivity contribution in [2.75, 3.05) is 24.2 Å². The summed E-state index contributed by atoms with van der Waals surface area (Å²) in [5.74, 6) is 1.05. The molecule has 0 radical (unpaired) electrons. The molecule has 1 aliphatic rings. The Labute approximate surface area is 179 Å². The highest BCUT2D eigenvalue weighted by molar-refractivity contribution is 7.99. The molecule has 0 unspecified atom stereocenters. The van der Waals surface area contributed by atoms with Gasteiger partial charge in [-0.15, -0.1) is 10.2 Å². The number of anilines is 1. The largest absolute Gasteiger partial charge is 0.326 e. The molecule has 4 rings (SSSR count). The fourth-order valence-electron chi connectivity index (χ4n) is 3.47. The normalized spacial score (nSPS) is 14.2. The van der Waals surface area contributed by atoms with E-state index in [-0.39, 0.29) is 11.7 Å². The molecule has 0 saturated carbocycles. The van der Waals surface area contributed by atoms with Crippen LogP contribution in [-0.4, -0.2) is 44.4 Å². The number of hydrogen-bond acceptors (Lipinski definition) is 5. The van der Waals surface area contributed by atoms with E-state index in [9.17, 15) is 9.18 Å². The van der Waals surface area contributed by atoms with E-state index in [0.29, 0.717) is 17.9 Å². The van der Waals surface area contributed by atoms with Crippen LogP contribution < -0.4 is 5.32 Å². The first-order chi connectivity index (χ1) is 14.7. The van der Waals surface area contributed by atoms with E-state index in [1.807, 2.05) is 30.3 Å². The predicted molar refractivity (Wildman–Crippen MR) is 116 cm³/mol. The lowest BCUT2D eigenvalue weighted by Crippen LogP contribution is -2.21. The molecule has 1 amide bonds. The van der Waals surface area contributed by atoms with Gasteiger partial charge in [-0.3, -0.25) is 14.3 Å². The van der Waals surface area contributed by atoms with Gasteiger partial charge in [0.15, 0.2) is 11.0 Å². The molecule has 1 saturated heterocycles. The molecule has 1 N–H and O–H groups in total. The number of carbonyl (C=O) groups excluding carboxylic acids is 1. The maximum atomic E-state index is 13.0. The van der Waals surface area contributed by atoms with Crippen molar-refractivity contribution >= 4 is 23.4 Å². The van der Waals surface area contributed by atoms with Gasteiger partial charge in [-0.2, -0.15) is 0 Å². The summed E-state index contributed by atoms with van der Waals surface area (Å²) < 4.78 is 15.1. The van der Waals surface area contributed by atoms with Crippen molar-refractivity contribution in [2.45, 2.75) is 31.0 Å². The first-order valence-electron chi connectivity index (χ1n) is 10.1. The Morgan fingerprint density at radius 2 is 1.77 bits per heavy atom. The SMILES string of the molecule is O=C(CCSc1nnc(CN2CCCC2)n1-c1ccccc1)Nc1ccc(F)cc1. The molecular weight excluding hydrogens is 401 g/mol. The van der Waals surface area contributed by atoms with Crippen LogP contribution in [0.5, 0.6) is 0 Å². The highest BCUT2D eigenvalue weighted by atomic mass is 32.2. The third-order valence-corrected chi connectivity index (χ3v) is 5.90. The molecule has 30 heavy (non-hydrogen) atoms. The molecule has 2 aromatic carbocycles. The van der Waals surface area contributed by atoms with Gasteiger partial charge >= 0.3 is 0 Å². The Kier molecular flexibility index (Phi) is 6.76. The lowest BCUT2D eigenvalue weighted by atomic mass is 10.3. The fraction of sp³-hybridized carbons (Fsp3) is 0.318. The Morgan fingerprint density at radius 1 is 1.03 bits per heavy atom. The van der Waals surface area contributed by atoms with Gasteiger partial charge < -0.3 is 5.32 Å². The zero-order valence-corrected chi connectivity index (χ0v) is 17.4. The monoisotopic (exact) mass is 425 g/mol. The number of carbonyl (C=O) groups is 1. The predicted octanol–water partition coefficient (Wildman–Crippen LogP) is 4.12. The van der Waals surface area contributed by atoms with Gasteiger partial charge in [0.1, 0.15) is 5.82 Å². The average Bonchev–Trinajstić information content (AvgIpc) is 3.41. The van der Waals surface area contributed by atoms with Crippen molar-refractivity contribution < 1.29 is 9.18 Å². The van der Waals surface area contributed by atoms with Crippen molar-refractivity contribution in [1.82, 2.24) is 19.7 Å². The number of rotatable bonds is 8. The topological polar surface area (TPSA) is 63.1 Å². The van der Waals surface area contributed by atoms with Gasteiger partial charge in [0.05, 0.1) is 6.54 Å². The molecule has 0 atom stereocenters. The van der Waals surface area contributed by atoms with Gasteiger partial charge in [-0.25, -0.2) is 4.39 Å². The Bertz CT molecular complexity index is 971. The van der Waals surface area contributed by atoms with Crippen LogP contribution in [-0.2, 0) is 11.3 Å². The second-order valence-corrected chi connectivity index (χ2v) is 8.27. The standard InChI is InChI=1S/C22H24FN5OS/c23-17-8-10-18(11-9-17)24-21(29)12-15-30-22-26-25-20(16-27-13-4-5-14-27)28(22)19-6-2-1-3-7-19/h1-3,6-11H,4-5,12-16H2,(H,24,29). The number of hydrogen-bond donors (Lipinski definition) is 1. The summed E-state index contributed by atoms with van der Waals surface area (Å²) in [6, 6.07) is 15.8. The second-order valence-electron chi connectivity index (χ2n) is 7.21.